The monoisotopic (exact) mass is 222 g/mol. The van der Waals surface area contributed by atoms with Gasteiger partial charge >= 0.3 is 5.97 Å². The molecule has 0 aliphatic heterocycles. The molecule has 1 aromatic rings. The largest absolute Gasteiger partial charge is 0.497 e. The van der Waals surface area contributed by atoms with E-state index >= 15 is 0 Å². The summed E-state index contributed by atoms with van der Waals surface area (Å²) in [6, 6.07) is 7.82. The summed E-state index contributed by atoms with van der Waals surface area (Å²) in [7, 11) is 3.06. The third-order valence-corrected chi connectivity index (χ3v) is 2.70. The van der Waals surface area contributed by atoms with Gasteiger partial charge in [0.15, 0.2) is 0 Å². The Bertz CT molecular complexity index is 347. The molecule has 1 rings (SSSR count). The van der Waals surface area contributed by atoms with Gasteiger partial charge in [0, 0.05) is 0 Å². The highest BCUT2D eigenvalue weighted by Gasteiger charge is 2.14. The second-order valence-electron chi connectivity index (χ2n) is 3.66. The standard InChI is InChI=1S/C13H18O3/c1-4-10(9-13(14)16-3)11-6-5-7-12(8-11)15-2/h5-8,10H,4,9H2,1-3H3. The van der Waals surface area contributed by atoms with Crippen molar-refractivity contribution in [3.8, 4) is 5.75 Å². The quantitative estimate of drug-likeness (QED) is 0.719. The maximum absolute atomic E-state index is 11.3. The number of carbonyl (C=O) groups excluding carboxylic acids is 1. The molecule has 1 aromatic carbocycles. The van der Waals surface area contributed by atoms with Gasteiger partial charge in [0.1, 0.15) is 5.75 Å². The molecular weight excluding hydrogens is 204 g/mol. The zero-order valence-electron chi connectivity index (χ0n) is 10.0. The molecule has 0 fully saturated rings. The fraction of sp³-hybridized carbons (Fsp3) is 0.462. The van der Waals surface area contributed by atoms with Crippen molar-refractivity contribution in [2.75, 3.05) is 14.2 Å². The minimum absolute atomic E-state index is 0.172. The molecule has 3 heteroatoms. The van der Waals surface area contributed by atoms with Crippen molar-refractivity contribution in [2.45, 2.75) is 25.7 Å². The van der Waals surface area contributed by atoms with Gasteiger partial charge in [-0.15, -0.1) is 0 Å². The van der Waals surface area contributed by atoms with Gasteiger partial charge in [0.25, 0.3) is 0 Å². The van der Waals surface area contributed by atoms with Gasteiger partial charge < -0.3 is 9.47 Å². The Morgan fingerprint density at radius 3 is 2.69 bits per heavy atom. The molecule has 0 aliphatic carbocycles. The first-order valence-electron chi connectivity index (χ1n) is 5.42. The first kappa shape index (κ1) is 12.6. The Labute approximate surface area is 96.4 Å². The Morgan fingerprint density at radius 1 is 1.38 bits per heavy atom. The SMILES string of the molecule is CCC(CC(=O)OC)c1cccc(OC)c1. The zero-order valence-corrected chi connectivity index (χ0v) is 10.0. The number of hydrogen-bond acceptors (Lipinski definition) is 3. The van der Waals surface area contributed by atoms with E-state index in [2.05, 4.69) is 6.92 Å². The lowest BCUT2D eigenvalue weighted by molar-refractivity contribution is -0.141. The summed E-state index contributed by atoms with van der Waals surface area (Å²) in [6.07, 6.45) is 1.32. The second-order valence-corrected chi connectivity index (χ2v) is 3.66. The van der Waals surface area contributed by atoms with E-state index in [1.54, 1.807) is 7.11 Å². The number of rotatable bonds is 5. The molecule has 0 N–H and O–H groups in total. The van der Waals surface area contributed by atoms with Crippen LogP contribution < -0.4 is 4.74 Å². The molecule has 0 saturated heterocycles. The second kappa shape index (κ2) is 6.16. The molecular formula is C13H18O3. The van der Waals surface area contributed by atoms with E-state index in [4.69, 9.17) is 9.47 Å². The number of carbonyl (C=O) groups is 1. The van der Waals surface area contributed by atoms with Crippen LogP contribution in [0.5, 0.6) is 5.75 Å². The highest BCUT2D eigenvalue weighted by Crippen LogP contribution is 2.26. The van der Waals surface area contributed by atoms with E-state index in [0.29, 0.717) is 6.42 Å². The van der Waals surface area contributed by atoms with Crippen LogP contribution >= 0.6 is 0 Å². The van der Waals surface area contributed by atoms with Crippen LogP contribution in [0.1, 0.15) is 31.2 Å². The van der Waals surface area contributed by atoms with Gasteiger partial charge in [-0.25, -0.2) is 0 Å². The van der Waals surface area contributed by atoms with Gasteiger partial charge in [-0.2, -0.15) is 0 Å². The molecule has 0 heterocycles. The van der Waals surface area contributed by atoms with Crippen LogP contribution in [-0.4, -0.2) is 20.2 Å². The lowest BCUT2D eigenvalue weighted by Gasteiger charge is -2.14. The van der Waals surface area contributed by atoms with E-state index in [1.165, 1.54) is 7.11 Å². The van der Waals surface area contributed by atoms with Gasteiger partial charge in [0.05, 0.1) is 20.6 Å². The van der Waals surface area contributed by atoms with Crippen molar-refractivity contribution in [3.63, 3.8) is 0 Å². The maximum Gasteiger partial charge on any atom is 0.306 e. The molecule has 0 bridgehead atoms. The van der Waals surface area contributed by atoms with E-state index in [1.807, 2.05) is 24.3 Å². The minimum Gasteiger partial charge on any atom is -0.497 e. The van der Waals surface area contributed by atoms with E-state index in [0.717, 1.165) is 17.7 Å². The topological polar surface area (TPSA) is 35.5 Å². The lowest BCUT2D eigenvalue weighted by Crippen LogP contribution is -2.08. The summed E-state index contributed by atoms with van der Waals surface area (Å²) < 4.78 is 9.86. The summed E-state index contributed by atoms with van der Waals surface area (Å²) in [6.45, 7) is 2.06. The molecule has 88 valence electrons. The average molecular weight is 222 g/mol. The predicted molar refractivity (Wildman–Crippen MR) is 62.7 cm³/mol. The number of esters is 1. The van der Waals surface area contributed by atoms with Crippen LogP contribution in [0, 0.1) is 0 Å². The summed E-state index contributed by atoms with van der Waals surface area (Å²) in [4.78, 5) is 11.3. The molecule has 0 aliphatic rings. The van der Waals surface area contributed by atoms with Crippen molar-refractivity contribution in [2.24, 2.45) is 0 Å². The number of hydrogen-bond donors (Lipinski definition) is 0. The van der Waals surface area contributed by atoms with E-state index in [9.17, 15) is 4.79 Å². The van der Waals surface area contributed by atoms with Gasteiger partial charge in [0.2, 0.25) is 0 Å². The molecule has 16 heavy (non-hydrogen) atoms. The van der Waals surface area contributed by atoms with Crippen LogP contribution in [0.25, 0.3) is 0 Å². The molecule has 0 radical (unpaired) electrons. The fourth-order valence-corrected chi connectivity index (χ4v) is 1.68. The average Bonchev–Trinajstić information content (AvgIpc) is 2.35. The molecule has 1 unspecified atom stereocenters. The molecule has 0 aromatic heterocycles. The fourth-order valence-electron chi connectivity index (χ4n) is 1.68. The Kier molecular flexibility index (Phi) is 4.83. The van der Waals surface area contributed by atoms with Gasteiger partial charge in [-0.3, -0.25) is 4.79 Å². The first-order chi connectivity index (χ1) is 7.71. The molecule has 1 atom stereocenters. The Hall–Kier alpha value is -1.51. The summed E-state index contributed by atoms with van der Waals surface area (Å²) in [5, 5.41) is 0. The van der Waals surface area contributed by atoms with Crippen LogP contribution in [0.2, 0.25) is 0 Å². The molecule has 0 saturated carbocycles. The van der Waals surface area contributed by atoms with Crippen molar-refractivity contribution in [1.29, 1.82) is 0 Å². The molecule has 0 spiro atoms. The van der Waals surface area contributed by atoms with Crippen LogP contribution in [0.15, 0.2) is 24.3 Å². The van der Waals surface area contributed by atoms with E-state index in [-0.39, 0.29) is 11.9 Å². The maximum atomic E-state index is 11.3. The van der Waals surface area contributed by atoms with Gasteiger partial charge in [-0.1, -0.05) is 19.1 Å². The lowest BCUT2D eigenvalue weighted by atomic mass is 9.93. The minimum atomic E-state index is -0.172. The highest BCUT2D eigenvalue weighted by atomic mass is 16.5. The van der Waals surface area contributed by atoms with E-state index < -0.39 is 0 Å². The van der Waals surface area contributed by atoms with Crippen LogP contribution in [0.3, 0.4) is 0 Å². The van der Waals surface area contributed by atoms with Crippen LogP contribution in [0.4, 0.5) is 0 Å². The highest BCUT2D eigenvalue weighted by molar-refractivity contribution is 5.70. The van der Waals surface area contributed by atoms with Crippen molar-refractivity contribution in [3.05, 3.63) is 29.8 Å². The summed E-state index contributed by atoms with van der Waals surface area (Å²) in [5.41, 5.74) is 1.12. The molecule has 0 amide bonds. The number of benzene rings is 1. The number of methoxy groups -OCH3 is 2. The van der Waals surface area contributed by atoms with Crippen molar-refractivity contribution in [1.82, 2.24) is 0 Å². The first-order valence-corrected chi connectivity index (χ1v) is 5.42. The normalized spacial score (nSPS) is 11.9. The Morgan fingerprint density at radius 2 is 2.12 bits per heavy atom. The van der Waals surface area contributed by atoms with Crippen molar-refractivity contribution < 1.29 is 14.3 Å². The zero-order chi connectivity index (χ0) is 12.0. The summed E-state index contributed by atoms with van der Waals surface area (Å²) >= 11 is 0. The van der Waals surface area contributed by atoms with Crippen LogP contribution in [-0.2, 0) is 9.53 Å². The summed E-state index contributed by atoms with van der Waals surface area (Å²) in [5.74, 6) is 0.845. The Balaban J connectivity index is 2.81. The van der Waals surface area contributed by atoms with Gasteiger partial charge in [-0.05, 0) is 30.0 Å². The molecule has 3 nitrogen and oxygen atoms in total. The number of ether oxygens (including phenoxy) is 2. The smallest absolute Gasteiger partial charge is 0.306 e. The third kappa shape index (κ3) is 3.26. The van der Waals surface area contributed by atoms with Crippen molar-refractivity contribution >= 4 is 5.97 Å². The predicted octanol–water partition coefficient (Wildman–Crippen LogP) is 2.75. The third-order valence-electron chi connectivity index (χ3n) is 2.70.